The summed E-state index contributed by atoms with van der Waals surface area (Å²) in [5, 5.41) is 2.37. The maximum absolute atomic E-state index is 10.9. The number of carbonyl (C=O) groups is 2. The normalized spacial score (nSPS) is 11.9. The van der Waals surface area contributed by atoms with Crippen molar-refractivity contribution in [3.8, 4) is 0 Å². The molecule has 0 spiro atoms. The maximum atomic E-state index is 10.9. The Hall–Kier alpha value is -1.06. The molecule has 0 fully saturated rings. The van der Waals surface area contributed by atoms with Gasteiger partial charge in [-0.25, -0.2) is 4.79 Å². The molecule has 0 aromatic heterocycles. The Labute approximate surface area is 65.9 Å². The lowest BCUT2D eigenvalue weighted by Crippen LogP contribution is -2.37. The number of hydrogen-bond donors (Lipinski definition) is 1. The number of amides is 1. The van der Waals surface area contributed by atoms with Crippen LogP contribution in [0.25, 0.3) is 0 Å². The van der Waals surface area contributed by atoms with Crippen LogP contribution in [0.2, 0.25) is 0 Å². The van der Waals surface area contributed by atoms with Crippen LogP contribution in [-0.4, -0.2) is 25.0 Å². The van der Waals surface area contributed by atoms with Gasteiger partial charge in [-0.15, -0.1) is 0 Å². The van der Waals surface area contributed by atoms with Crippen molar-refractivity contribution >= 4 is 11.9 Å². The third-order valence-corrected chi connectivity index (χ3v) is 1.35. The van der Waals surface area contributed by atoms with Crippen molar-refractivity contribution in [3.05, 3.63) is 0 Å². The van der Waals surface area contributed by atoms with Crippen LogP contribution in [0.3, 0.4) is 0 Å². The maximum Gasteiger partial charge on any atom is 0.407 e. The topological polar surface area (TPSA) is 55.4 Å². The Morgan fingerprint density at radius 1 is 1.55 bits per heavy atom. The van der Waals surface area contributed by atoms with Crippen LogP contribution in [0, 0.1) is 0 Å². The van der Waals surface area contributed by atoms with E-state index in [1.807, 2.05) is 0 Å². The fourth-order valence-electron chi connectivity index (χ4n) is 0.622. The number of rotatable bonds is 3. The third-order valence-electron chi connectivity index (χ3n) is 1.35. The second-order valence-electron chi connectivity index (χ2n) is 2.18. The molecule has 0 aliphatic carbocycles. The molecule has 1 amide bonds. The largest absolute Gasteiger partial charge is 0.453 e. The zero-order valence-corrected chi connectivity index (χ0v) is 7.01. The molecule has 11 heavy (non-hydrogen) atoms. The summed E-state index contributed by atoms with van der Waals surface area (Å²) >= 11 is 0. The molecule has 1 atom stereocenters. The molecule has 0 aromatic carbocycles. The summed E-state index contributed by atoms with van der Waals surface area (Å²) in [7, 11) is 1.26. The Morgan fingerprint density at radius 3 is 2.45 bits per heavy atom. The minimum atomic E-state index is -0.570. The van der Waals surface area contributed by atoms with Gasteiger partial charge in [-0.05, 0) is 6.92 Å². The number of methoxy groups -OCH3 is 1. The van der Waals surface area contributed by atoms with Gasteiger partial charge in [-0.3, -0.25) is 4.79 Å². The van der Waals surface area contributed by atoms with Crippen LogP contribution < -0.4 is 5.32 Å². The molecule has 1 unspecified atom stereocenters. The highest BCUT2D eigenvalue weighted by atomic mass is 16.5. The quantitative estimate of drug-likeness (QED) is 0.659. The average Bonchev–Trinajstić information content (AvgIpc) is 2.02. The van der Waals surface area contributed by atoms with Crippen molar-refractivity contribution in [3.63, 3.8) is 0 Å². The van der Waals surface area contributed by atoms with Crippen LogP contribution in [0.15, 0.2) is 0 Å². The first-order valence-electron chi connectivity index (χ1n) is 3.49. The van der Waals surface area contributed by atoms with Gasteiger partial charge in [-0.1, -0.05) is 6.92 Å². The predicted molar refractivity (Wildman–Crippen MR) is 40.3 cm³/mol. The van der Waals surface area contributed by atoms with Crippen LogP contribution in [0.4, 0.5) is 4.79 Å². The first kappa shape index (κ1) is 9.94. The second kappa shape index (κ2) is 4.71. The van der Waals surface area contributed by atoms with Crippen molar-refractivity contribution in [2.75, 3.05) is 7.11 Å². The van der Waals surface area contributed by atoms with Gasteiger partial charge in [-0.2, -0.15) is 0 Å². The Kier molecular flexibility index (Phi) is 4.26. The van der Waals surface area contributed by atoms with E-state index in [0.29, 0.717) is 6.42 Å². The molecule has 0 radical (unpaired) electrons. The molecule has 0 heterocycles. The molecule has 0 rings (SSSR count). The Morgan fingerprint density at radius 2 is 2.09 bits per heavy atom. The molecule has 0 saturated heterocycles. The second-order valence-corrected chi connectivity index (χ2v) is 2.18. The summed E-state index contributed by atoms with van der Waals surface area (Å²) in [5.41, 5.74) is 0. The van der Waals surface area contributed by atoms with Gasteiger partial charge < -0.3 is 10.1 Å². The van der Waals surface area contributed by atoms with Gasteiger partial charge in [0.15, 0.2) is 5.78 Å². The molecular formula is C7H13NO3. The molecule has 0 aliphatic rings. The summed E-state index contributed by atoms with van der Waals surface area (Å²) in [6.45, 7) is 3.38. The number of carbonyl (C=O) groups excluding carboxylic acids is 2. The number of alkyl carbamates (subject to hydrolysis) is 1. The monoisotopic (exact) mass is 159 g/mol. The van der Waals surface area contributed by atoms with E-state index < -0.39 is 12.1 Å². The highest BCUT2D eigenvalue weighted by Crippen LogP contribution is 1.89. The SMILES string of the molecule is CCC(=O)C(C)NC(=O)OC. The molecular weight excluding hydrogens is 146 g/mol. The first-order chi connectivity index (χ1) is 5.11. The number of Topliss-reactive ketones (excluding diaryl/α,β-unsaturated/α-hetero) is 1. The summed E-state index contributed by atoms with van der Waals surface area (Å²) in [6, 6.07) is -0.451. The molecule has 0 bridgehead atoms. The van der Waals surface area contributed by atoms with E-state index in [0.717, 1.165) is 0 Å². The zero-order valence-electron chi connectivity index (χ0n) is 7.01. The lowest BCUT2D eigenvalue weighted by molar-refractivity contribution is -0.120. The van der Waals surface area contributed by atoms with Crippen LogP contribution in [0.1, 0.15) is 20.3 Å². The average molecular weight is 159 g/mol. The minimum Gasteiger partial charge on any atom is -0.453 e. The Balaban J connectivity index is 3.77. The van der Waals surface area contributed by atoms with E-state index in [4.69, 9.17) is 0 Å². The van der Waals surface area contributed by atoms with Gasteiger partial charge >= 0.3 is 6.09 Å². The highest BCUT2D eigenvalue weighted by molar-refractivity contribution is 5.86. The smallest absolute Gasteiger partial charge is 0.407 e. The van der Waals surface area contributed by atoms with E-state index in [2.05, 4.69) is 10.1 Å². The van der Waals surface area contributed by atoms with Crippen molar-refractivity contribution in [2.24, 2.45) is 0 Å². The van der Waals surface area contributed by atoms with E-state index >= 15 is 0 Å². The van der Waals surface area contributed by atoms with Crippen LogP contribution >= 0.6 is 0 Å². The summed E-state index contributed by atoms with van der Waals surface area (Å²) in [6.07, 6.45) is -0.148. The summed E-state index contributed by atoms with van der Waals surface area (Å²) in [4.78, 5) is 21.4. The van der Waals surface area contributed by atoms with Gasteiger partial charge in [0.2, 0.25) is 0 Å². The zero-order chi connectivity index (χ0) is 8.85. The van der Waals surface area contributed by atoms with Crippen molar-refractivity contribution in [1.29, 1.82) is 0 Å². The molecule has 1 N–H and O–H groups in total. The molecule has 0 saturated carbocycles. The van der Waals surface area contributed by atoms with E-state index in [1.54, 1.807) is 13.8 Å². The molecule has 4 heteroatoms. The van der Waals surface area contributed by atoms with Crippen molar-refractivity contribution in [1.82, 2.24) is 5.32 Å². The van der Waals surface area contributed by atoms with Crippen LogP contribution in [0.5, 0.6) is 0 Å². The van der Waals surface area contributed by atoms with Crippen molar-refractivity contribution < 1.29 is 14.3 Å². The van der Waals surface area contributed by atoms with Gasteiger partial charge in [0, 0.05) is 6.42 Å². The number of ketones is 1. The fraction of sp³-hybridized carbons (Fsp3) is 0.714. The van der Waals surface area contributed by atoms with Gasteiger partial charge in [0.05, 0.1) is 13.2 Å². The standard InChI is InChI=1S/C7H13NO3/c1-4-6(9)5(2)8-7(10)11-3/h5H,4H2,1-3H3,(H,8,10). The minimum absolute atomic E-state index is 0.00426. The fourth-order valence-corrected chi connectivity index (χ4v) is 0.622. The van der Waals surface area contributed by atoms with E-state index in [9.17, 15) is 9.59 Å². The molecule has 0 aromatic rings. The van der Waals surface area contributed by atoms with Crippen molar-refractivity contribution in [2.45, 2.75) is 26.3 Å². The van der Waals surface area contributed by atoms with E-state index in [1.165, 1.54) is 7.11 Å². The highest BCUT2D eigenvalue weighted by Gasteiger charge is 2.12. The Bertz CT molecular complexity index is 156. The van der Waals surface area contributed by atoms with Crippen LogP contribution in [-0.2, 0) is 9.53 Å². The summed E-state index contributed by atoms with van der Waals surface area (Å²) in [5.74, 6) is -0.00426. The number of nitrogens with one attached hydrogen (secondary N) is 1. The van der Waals surface area contributed by atoms with Gasteiger partial charge in [0.1, 0.15) is 0 Å². The number of ether oxygens (including phenoxy) is 1. The lowest BCUT2D eigenvalue weighted by Gasteiger charge is -2.09. The number of hydrogen-bond acceptors (Lipinski definition) is 3. The lowest BCUT2D eigenvalue weighted by atomic mass is 10.2. The van der Waals surface area contributed by atoms with Gasteiger partial charge in [0.25, 0.3) is 0 Å². The molecule has 4 nitrogen and oxygen atoms in total. The summed E-state index contributed by atoms with van der Waals surface area (Å²) < 4.78 is 4.31. The first-order valence-corrected chi connectivity index (χ1v) is 3.49. The predicted octanol–water partition coefficient (Wildman–Crippen LogP) is 0.710. The third kappa shape index (κ3) is 3.60. The molecule has 64 valence electrons. The molecule has 0 aliphatic heterocycles. The van der Waals surface area contributed by atoms with E-state index in [-0.39, 0.29) is 5.78 Å².